The van der Waals surface area contributed by atoms with E-state index in [1.807, 2.05) is 6.92 Å². The normalized spacial score (nSPS) is 15.7. The number of hydrogen-bond acceptors (Lipinski definition) is 12. The molecule has 0 radical (unpaired) electrons. The van der Waals surface area contributed by atoms with Crippen LogP contribution in [0.15, 0.2) is 61.2 Å². The minimum Gasteiger partial charge on any atom is -0.850 e. The van der Waals surface area contributed by atoms with Gasteiger partial charge in [-0.3, -0.25) is 9.97 Å². The van der Waals surface area contributed by atoms with Crippen LogP contribution < -0.4 is 56.5 Å². The van der Waals surface area contributed by atoms with Crippen molar-refractivity contribution in [2.75, 3.05) is 11.9 Å². The third kappa shape index (κ3) is 15.7. The Kier molecular flexibility index (Phi) is 23.7. The Morgan fingerprint density at radius 3 is 1.91 bits per heavy atom. The first-order chi connectivity index (χ1) is 30.4. The SMILES string of the molecule is C#CCBr.C#CCC1(C)c2nccnc2C(O)=C(c2c(Cl)cccc2C(F)(F)F)S1(=O)=O.CCC(C)(C)[O-].CCOC(=O)c1nccnc1C(C)S(=O)(=O)Cc1c(Cl)cccc1C(F)(F)F.[K+]. The second-order valence-corrected chi connectivity index (χ2v) is 20.4. The van der Waals surface area contributed by atoms with Crippen molar-refractivity contribution in [2.24, 2.45) is 0 Å². The number of terminal acetylenes is 2. The Labute approximate surface area is 446 Å². The van der Waals surface area contributed by atoms with Gasteiger partial charge in [0, 0.05) is 46.8 Å². The molecule has 0 bridgehead atoms. The van der Waals surface area contributed by atoms with Crippen LogP contribution in [0.25, 0.3) is 10.7 Å². The third-order valence-electron chi connectivity index (χ3n) is 9.30. The largest absolute Gasteiger partial charge is 1.00 e. The number of ether oxygens (including phenoxy) is 1. The molecule has 0 saturated carbocycles. The fourth-order valence-corrected chi connectivity index (χ4v) is 9.66. The van der Waals surface area contributed by atoms with E-state index in [-0.39, 0.29) is 85.8 Å². The van der Waals surface area contributed by atoms with E-state index in [9.17, 15) is 58.2 Å². The molecular formula is C43H42BrCl2F6KN4O8S2. The fraction of sp³-hybridized carbons (Fsp3) is 0.372. The van der Waals surface area contributed by atoms with Gasteiger partial charge in [0.05, 0.1) is 40.2 Å². The molecule has 2 atom stereocenters. The third-order valence-corrected chi connectivity index (χ3v) is 14.7. The van der Waals surface area contributed by atoms with Gasteiger partial charge in [0.25, 0.3) is 0 Å². The van der Waals surface area contributed by atoms with Crippen LogP contribution in [-0.4, -0.2) is 65.4 Å². The van der Waals surface area contributed by atoms with Gasteiger partial charge in [-0.05, 0) is 50.6 Å². The summed E-state index contributed by atoms with van der Waals surface area (Å²) >= 11 is 14.8. The van der Waals surface area contributed by atoms with Gasteiger partial charge >= 0.3 is 69.7 Å². The summed E-state index contributed by atoms with van der Waals surface area (Å²) in [6, 6.07) is 5.85. The maximum Gasteiger partial charge on any atom is 1.00 e. The molecule has 0 aliphatic carbocycles. The number of aliphatic hydroxyl groups excluding tert-OH is 1. The number of aromatic nitrogens is 4. The van der Waals surface area contributed by atoms with Crippen molar-refractivity contribution in [3.8, 4) is 24.7 Å². The minimum absolute atomic E-state index is 0. The second-order valence-electron chi connectivity index (χ2n) is 14.4. The number of benzene rings is 2. The van der Waals surface area contributed by atoms with Gasteiger partial charge in [-0.25, -0.2) is 31.6 Å². The van der Waals surface area contributed by atoms with Crippen LogP contribution >= 0.6 is 39.1 Å². The van der Waals surface area contributed by atoms with E-state index >= 15 is 0 Å². The zero-order valence-electron chi connectivity index (χ0n) is 36.9. The standard InChI is InChI=1S/C18H12ClF3N2O3S.C17H16ClF3N2O4S.C5H11O.C3H3Br.K/c1-3-7-17(2)16-13(23-8-9-24-16)14(25)15(28(17,26)27)12-10(18(20,21)22)5-4-6-11(12)19;1-3-27-16(24)15-14(22-7-8-23-15)10(2)28(25,26)9-11-12(17(19,20)21)5-4-6-13(11)18;1-4-5(2,3)6;1-2-3-4;/h1,4-6,8-9,25H,7H2,2H3;4-8,10H,3,9H2,1-2H3;4H2,1-3H3;1H,3H2;/q;;-1;;+1. The molecule has 0 spiro atoms. The summed E-state index contributed by atoms with van der Waals surface area (Å²) in [5, 5.41) is 19.5. The van der Waals surface area contributed by atoms with Crippen LogP contribution in [0.2, 0.25) is 10.0 Å². The predicted molar refractivity (Wildman–Crippen MR) is 240 cm³/mol. The van der Waals surface area contributed by atoms with Crippen LogP contribution in [0.3, 0.4) is 0 Å². The topological polar surface area (TPSA) is 189 Å². The zero-order valence-corrected chi connectivity index (χ0v) is 44.7. The minimum atomic E-state index is -4.92. The summed E-state index contributed by atoms with van der Waals surface area (Å²) in [6.45, 7) is 9.31. The summed E-state index contributed by atoms with van der Waals surface area (Å²) in [5.74, 6) is 1.74. The average molecular weight is 1110 g/mol. The number of sulfone groups is 2. The molecule has 12 nitrogen and oxygen atoms in total. The number of halogens is 9. The summed E-state index contributed by atoms with van der Waals surface area (Å²) in [7, 11) is -8.88. The van der Waals surface area contributed by atoms with Crippen LogP contribution in [0.1, 0.15) is 109 Å². The number of fused-ring (bicyclic) bond motifs is 1. The summed E-state index contributed by atoms with van der Waals surface area (Å²) in [4.78, 5) is 26.6. The van der Waals surface area contributed by atoms with E-state index in [0.29, 0.717) is 17.8 Å². The monoisotopic (exact) mass is 1110 g/mol. The Hall–Kier alpha value is -3.13. The van der Waals surface area contributed by atoms with Gasteiger partial charge < -0.3 is 14.9 Å². The molecule has 2 aromatic carbocycles. The quantitative estimate of drug-likeness (QED) is 0.0611. The van der Waals surface area contributed by atoms with E-state index < -0.39 is 104 Å². The van der Waals surface area contributed by atoms with Crippen molar-refractivity contribution in [3.63, 3.8) is 0 Å². The molecule has 67 heavy (non-hydrogen) atoms. The van der Waals surface area contributed by atoms with Gasteiger partial charge in [-0.2, -0.15) is 26.3 Å². The Morgan fingerprint density at radius 2 is 1.42 bits per heavy atom. The fourth-order valence-electron chi connectivity index (χ4n) is 5.57. The van der Waals surface area contributed by atoms with E-state index in [1.54, 1.807) is 20.8 Å². The van der Waals surface area contributed by atoms with Gasteiger partial charge in [-0.15, -0.1) is 24.4 Å². The van der Waals surface area contributed by atoms with Crippen molar-refractivity contribution < 1.29 is 114 Å². The second kappa shape index (κ2) is 25.6. The number of rotatable bonds is 9. The Bertz CT molecular complexity index is 2730. The number of esters is 1. The Balaban J connectivity index is 0.000000550. The molecule has 1 aliphatic rings. The molecule has 24 heteroatoms. The molecule has 0 fully saturated rings. The molecule has 0 amide bonds. The maximum absolute atomic E-state index is 13.6. The molecule has 2 aromatic heterocycles. The smallest absolute Gasteiger partial charge is 0.850 e. The first-order valence-electron chi connectivity index (χ1n) is 19.0. The Morgan fingerprint density at radius 1 is 0.925 bits per heavy atom. The van der Waals surface area contributed by atoms with Crippen molar-refractivity contribution in [1.29, 1.82) is 0 Å². The van der Waals surface area contributed by atoms with Gasteiger partial charge in [0.15, 0.2) is 31.1 Å². The molecule has 5 rings (SSSR count). The number of alkyl halides is 7. The number of hydrogen-bond donors (Lipinski definition) is 1. The van der Waals surface area contributed by atoms with E-state index in [1.165, 1.54) is 44.7 Å². The first kappa shape index (κ1) is 61.9. The number of nitrogens with zero attached hydrogens (tertiary/aromatic N) is 4. The molecule has 1 N–H and O–H groups in total. The van der Waals surface area contributed by atoms with Crippen molar-refractivity contribution in [1.82, 2.24) is 19.9 Å². The molecule has 358 valence electrons. The van der Waals surface area contributed by atoms with E-state index in [4.69, 9.17) is 40.8 Å². The van der Waals surface area contributed by atoms with Crippen molar-refractivity contribution in [3.05, 3.63) is 116 Å². The number of aliphatic hydroxyl groups is 1. The molecule has 2 unspecified atom stereocenters. The summed E-state index contributed by atoms with van der Waals surface area (Å²) < 4.78 is 136. The van der Waals surface area contributed by atoms with Gasteiger partial charge in [0.1, 0.15) is 20.6 Å². The maximum atomic E-state index is 13.6. The predicted octanol–water partition coefficient (Wildman–Crippen LogP) is 6.75. The molecule has 3 heterocycles. The van der Waals surface area contributed by atoms with Crippen molar-refractivity contribution in [2.45, 2.75) is 88.1 Å². The van der Waals surface area contributed by atoms with Gasteiger partial charge in [-0.1, -0.05) is 84.4 Å². The molecular weight excluding hydrogens is 1070 g/mol. The van der Waals surface area contributed by atoms with Crippen LogP contribution in [-0.2, 0) is 47.3 Å². The molecule has 4 aromatic rings. The molecule has 1 aliphatic heterocycles. The van der Waals surface area contributed by atoms with Crippen LogP contribution in [0.4, 0.5) is 26.3 Å². The van der Waals surface area contributed by atoms with Crippen molar-refractivity contribution >= 4 is 75.4 Å². The zero-order chi connectivity index (χ0) is 50.6. The van der Waals surface area contributed by atoms with Crippen LogP contribution in [0.5, 0.6) is 0 Å². The van der Waals surface area contributed by atoms with Gasteiger partial charge in [0.2, 0.25) is 0 Å². The van der Waals surface area contributed by atoms with E-state index in [2.05, 4.69) is 47.7 Å². The van der Waals surface area contributed by atoms with E-state index in [0.717, 1.165) is 24.3 Å². The average Bonchev–Trinajstić information content (AvgIpc) is 3.23. The summed E-state index contributed by atoms with van der Waals surface area (Å²) in [6.07, 6.45) is 5.42. The molecule has 0 saturated heterocycles. The number of carbonyl (C=O) groups is 1. The van der Waals surface area contributed by atoms with Crippen LogP contribution in [0, 0.1) is 24.7 Å². The number of carbonyl (C=O) groups excluding carboxylic acids is 1. The summed E-state index contributed by atoms with van der Waals surface area (Å²) in [5.41, 5.74) is -5.50. The first-order valence-corrected chi connectivity index (χ1v) is 24.0.